The van der Waals surface area contributed by atoms with Gasteiger partial charge in [-0.2, -0.15) is 5.26 Å². The van der Waals surface area contributed by atoms with Crippen LogP contribution in [0.2, 0.25) is 0 Å². The van der Waals surface area contributed by atoms with Crippen molar-refractivity contribution in [2.45, 2.75) is 19.3 Å². The standard InChI is InChI=1S/C9H15N3O/c10-4-1-9(13)12-7-8-2-5-11-6-3-8/h8,11H,1-3,5-7H2,(H,12,13). The van der Waals surface area contributed by atoms with E-state index < -0.39 is 0 Å². The van der Waals surface area contributed by atoms with E-state index in [9.17, 15) is 4.79 Å². The van der Waals surface area contributed by atoms with Crippen molar-refractivity contribution in [3.63, 3.8) is 0 Å². The maximum atomic E-state index is 10.9. The van der Waals surface area contributed by atoms with Crippen LogP contribution in [0.3, 0.4) is 0 Å². The van der Waals surface area contributed by atoms with E-state index in [-0.39, 0.29) is 12.3 Å². The van der Waals surface area contributed by atoms with Crippen LogP contribution in [0.15, 0.2) is 0 Å². The summed E-state index contributed by atoms with van der Waals surface area (Å²) in [4.78, 5) is 10.9. The first kappa shape index (κ1) is 10.0. The number of amides is 1. The number of hydrogen-bond acceptors (Lipinski definition) is 3. The molecule has 4 nitrogen and oxygen atoms in total. The molecule has 13 heavy (non-hydrogen) atoms. The number of nitrogens with zero attached hydrogens (tertiary/aromatic N) is 1. The summed E-state index contributed by atoms with van der Waals surface area (Å²) >= 11 is 0. The summed E-state index contributed by atoms with van der Waals surface area (Å²) in [5.74, 6) is 0.435. The van der Waals surface area contributed by atoms with E-state index in [0.29, 0.717) is 5.92 Å². The van der Waals surface area contributed by atoms with Crippen molar-refractivity contribution in [2.75, 3.05) is 19.6 Å². The molecule has 4 heteroatoms. The van der Waals surface area contributed by atoms with Crippen molar-refractivity contribution >= 4 is 5.91 Å². The molecule has 0 aromatic carbocycles. The zero-order chi connectivity index (χ0) is 9.52. The third kappa shape index (κ3) is 3.90. The Balaban J connectivity index is 2.10. The van der Waals surface area contributed by atoms with Gasteiger partial charge in [0.15, 0.2) is 0 Å². The molecule has 2 N–H and O–H groups in total. The molecule has 1 amide bonds. The summed E-state index contributed by atoms with van der Waals surface area (Å²) in [5, 5.41) is 14.3. The average molecular weight is 181 g/mol. The van der Waals surface area contributed by atoms with Gasteiger partial charge in [-0.15, -0.1) is 0 Å². The fraction of sp³-hybridized carbons (Fsp3) is 0.778. The van der Waals surface area contributed by atoms with Crippen molar-refractivity contribution in [3.8, 4) is 6.07 Å². The highest BCUT2D eigenvalue weighted by Crippen LogP contribution is 2.09. The molecule has 72 valence electrons. The SMILES string of the molecule is N#CCC(=O)NCC1CCNCC1. The van der Waals surface area contributed by atoms with Crippen molar-refractivity contribution in [2.24, 2.45) is 5.92 Å². The zero-order valence-electron chi connectivity index (χ0n) is 7.68. The van der Waals surface area contributed by atoms with Crippen LogP contribution in [0.5, 0.6) is 0 Å². The summed E-state index contributed by atoms with van der Waals surface area (Å²) in [6, 6.07) is 1.83. The molecule has 0 spiro atoms. The van der Waals surface area contributed by atoms with Crippen LogP contribution in [0.25, 0.3) is 0 Å². The van der Waals surface area contributed by atoms with Crippen LogP contribution < -0.4 is 10.6 Å². The van der Waals surface area contributed by atoms with Crippen LogP contribution >= 0.6 is 0 Å². The smallest absolute Gasteiger partial charge is 0.234 e. The summed E-state index contributed by atoms with van der Waals surface area (Å²) in [6.07, 6.45) is 2.21. The van der Waals surface area contributed by atoms with Crippen LogP contribution in [0, 0.1) is 17.2 Å². The monoisotopic (exact) mass is 181 g/mol. The minimum absolute atomic E-state index is 0.0228. The van der Waals surface area contributed by atoms with E-state index in [1.54, 1.807) is 0 Å². The van der Waals surface area contributed by atoms with E-state index in [0.717, 1.165) is 32.5 Å². The Morgan fingerprint density at radius 1 is 1.54 bits per heavy atom. The van der Waals surface area contributed by atoms with Gasteiger partial charge in [0.2, 0.25) is 5.91 Å². The second kappa shape index (κ2) is 5.55. The molecule has 1 rings (SSSR count). The normalized spacial score (nSPS) is 17.8. The topological polar surface area (TPSA) is 64.9 Å². The molecular weight excluding hydrogens is 166 g/mol. The summed E-state index contributed by atoms with van der Waals surface area (Å²) in [6.45, 7) is 2.81. The number of nitriles is 1. The Morgan fingerprint density at radius 2 is 2.23 bits per heavy atom. The summed E-state index contributed by atoms with van der Waals surface area (Å²) in [7, 11) is 0. The van der Waals surface area contributed by atoms with Gasteiger partial charge in [-0.25, -0.2) is 0 Å². The maximum absolute atomic E-state index is 10.9. The molecule has 0 radical (unpaired) electrons. The molecule has 1 fully saturated rings. The van der Waals surface area contributed by atoms with Crippen molar-refractivity contribution in [1.29, 1.82) is 5.26 Å². The predicted octanol–water partition coefficient (Wildman–Crippen LogP) is 0.0159. The van der Waals surface area contributed by atoms with Crippen molar-refractivity contribution < 1.29 is 4.79 Å². The number of carbonyl (C=O) groups excluding carboxylic acids is 1. The lowest BCUT2D eigenvalue weighted by molar-refractivity contribution is -0.120. The van der Waals surface area contributed by atoms with Gasteiger partial charge in [-0.1, -0.05) is 0 Å². The first-order valence-corrected chi connectivity index (χ1v) is 4.67. The van der Waals surface area contributed by atoms with E-state index in [1.165, 1.54) is 0 Å². The van der Waals surface area contributed by atoms with Gasteiger partial charge in [0.05, 0.1) is 6.07 Å². The lowest BCUT2D eigenvalue weighted by atomic mass is 9.98. The quantitative estimate of drug-likeness (QED) is 0.645. The Hall–Kier alpha value is -1.08. The lowest BCUT2D eigenvalue weighted by Gasteiger charge is -2.22. The van der Waals surface area contributed by atoms with Gasteiger partial charge in [-0.05, 0) is 31.8 Å². The van der Waals surface area contributed by atoms with Gasteiger partial charge >= 0.3 is 0 Å². The van der Waals surface area contributed by atoms with Crippen LogP contribution in [-0.2, 0) is 4.79 Å². The first-order valence-electron chi connectivity index (χ1n) is 4.67. The van der Waals surface area contributed by atoms with Crippen molar-refractivity contribution in [1.82, 2.24) is 10.6 Å². The third-order valence-electron chi connectivity index (χ3n) is 2.29. The summed E-state index contributed by atoms with van der Waals surface area (Å²) < 4.78 is 0. The highest BCUT2D eigenvalue weighted by Gasteiger charge is 2.13. The predicted molar refractivity (Wildman–Crippen MR) is 48.8 cm³/mol. The second-order valence-corrected chi connectivity index (χ2v) is 3.33. The van der Waals surface area contributed by atoms with Crippen molar-refractivity contribution in [3.05, 3.63) is 0 Å². The van der Waals surface area contributed by atoms with Gasteiger partial charge in [0, 0.05) is 6.54 Å². The number of rotatable bonds is 3. The molecule has 1 heterocycles. The molecule has 0 aromatic heterocycles. The number of piperidine rings is 1. The number of hydrogen-bond donors (Lipinski definition) is 2. The molecule has 1 saturated heterocycles. The van der Waals surface area contributed by atoms with E-state index in [2.05, 4.69) is 10.6 Å². The largest absolute Gasteiger partial charge is 0.355 e. The molecule has 0 unspecified atom stereocenters. The lowest BCUT2D eigenvalue weighted by Crippen LogP contribution is -2.35. The Kier molecular flexibility index (Phi) is 4.27. The summed E-state index contributed by atoms with van der Waals surface area (Å²) in [5.41, 5.74) is 0. The molecule has 0 bridgehead atoms. The van der Waals surface area contributed by atoms with Gasteiger partial charge in [0.25, 0.3) is 0 Å². The molecule has 1 aliphatic rings. The number of carbonyl (C=O) groups is 1. The third-order valence-corrected chi connectivity index (χ3v) is 2.29. The zero-order valence-corrected chi connectivity index (χ0v) is 7.68. The van der Waals surface area contributed by atoms with E-state index in [4.69, 9.17) is 5.26 Å². The van der Waals surface area contributed by atoms with E-state index >= 15 is 0 Å². The Bertz CT molecular complexity index is 203. The molecule has 0 aromatic rings. The van der Waals surface area contributed by atoms with Crippen LogP contribution in [0.4, 0.5) is 0 Å². The maximum Gasteiger partial charge on any atom is 0.234 e. The van der Waals surface area contributed by atoms with Gasteiger partial charge < -0.3 is 10.6 Å². The van der Waals surface area contributed by atoms with Gasteiger partial charge in [-0.3, -0.25) is 4.79 Å². The van der Waals surface area contributed by atoms with E-state index in [1.807, 2.05) is 6.07 Å². The average Bonchev–Trinajstić information content (AvgIpc) is 2.17. The molecule has 0 saturated carbocycles. The minimum atomic E-state index is -0.152. The fourth-order valence-electron chi connectivity index (χ4n) is 1.48. The van der Waals surface area contributed by atoms with Crippen LogP contribution in [0.1, 0.15) is 19.3 Å². The molecular formula is C9H15N3O. The molecule has 0 atom stereocenters. The first-order chi connectivity index (χ1) is 6.33. The van der Waals surface area contributed by atoms with Crippen LogP contribution in [-0.4, -0.2) is 25.5 Å². The Labute approximate surface area is 78.3 Å². The second-order valence-electron chi connectivity index (χ2n) is 3.33. The molecule has 1 aliphatic heterocycles. The minimum Gasteiger partial charge on any atom is -0.355 e. The fourth-order valence-corrected chi connectivity index (χ4v) is 1.48. The highest BCUT2D eigenvalue weighted by atomic mass is 16.1. The molecule has 0 aliphatic carbocycles. The highest BCUT2D eigenvalue weighted by molar-refractivity contribution is 5.77. The van der Waals surface area contributed by atoms with Gasteiger partial charge in [0.1, 0.15) is 6.42 Å². The Morgan fingerprint density at radius 3 is 2.85 bits per heavy atom. The number of nitrogens with one attached hydrogen (secondary N) is 2.